The summed E-state index contributed by atoms with van der Waals surface area (Å²) < 4.78 is 30.6. The van der Waals surface area contributed by atoms with Gasteiger partial charge in [0, 0.05) is 24.7 Å². The van der Waals surface area contributed by atoms with Gasteiger partial charge in [-0.1, -0.05) is 0 Å². The second-order valence-electron chi connectivity index (χ2n) is 6.98. The first-order chi connectivity index (χ1) is 11.2. The van der Waals surface area contributed by atoms with Crippen LogP contribution in [-0.4, -0.2) is 51.7 Å². The number of hydrogen-bond donors (Lipinski definition) is 1. The Morgan fingerprint density at radius 3 is 2.54 bits per heavy atom. The summed E-state index contributed by atoms with van der Waals surface area (Å²) in [4.78, 5) is 14.6. The van der Waals surface area contributed by atoms with E-state index in [1.54, 1.807) is 13.2 Å². The van der Waals surface area contributed by atoms with E-state index in [0.717, 1.165) is 30.6 Å². The van der Waals surface area contributed by atoms with Gasteiger partial charge in [-0.2, -0.15) is 0 Å². The molecule has 132 valence electrons. The molecule has 2 fully saturated rings. The van der Waals surface area contributed by atoms with E-state index in [9.17, 15) is 13.2 Å². The lowest BCUT2D eigenvalue weighted by molar-refractivity contribution is 0.0673. The molecule has 0 radical (unpaired) electrons. The van der Waals surface area contributed by atoms with E-state index < -0.39 is 10.0 Å². The fourth-order valence-corrected chi connectivity index (χ4v) is 4.50. The normalized spacial score (nSPS) is 22.5. The zero-order valence-electron chi connectivity index (χ0n) is 14.3. The van der Waals surface area contributed by atoms with Gasteiger partial charge in [-0.05, 0) is 55.4 Å². The number of methoxy groups -OCH3 is 1. The Hall–Kier alpha value is -1.60. The molecule has 3 rings (SSSR count). The third kappa shape index (κ3) is 3.42. The van der Waals surface area contributed by atoms with Gasteiger partial charge in [-0.15, -0.1) is 0 Å². The molecule has 1 aromatic carbocycles. The predicted octanol–water partition coefficient (Wildman–Crippen LogP) is 1.55. The Labute approximate surface area is 143 Å². The van der Waals surface area contributed by atoms with Crippen molar-refractivity contribution in [3.8, 4) is 5.75 Å². The lowest BCUT2D eigenvalue weighted by atomic mass is 9.92. The summed E-state index contributed by atoms with van der Waals surface area (Å²) in [5.74, 6) is 0.785. The molecule has 2 aliphatic rings. The summed E-state index contributed by atoms with van der Waals surface area (Å²) in [6.07, 6.45) is 3.77. The summed E-state index contributed by atoms with van der Waals surface area (Å²) in [6.45, 7) is 3.26. The van der Waals surface area contributed by atoms with Gasteiger partial charge in [0.2, 0.25) is 10.0 Å². The first-order valence-electron chi connectivity index (χ1n) is 8.15. The SMILES string of the molecule is COc1ccc(C(=O)N2CCC3(CC2)CC3NS(C)(=O)=O)c(C)c1. The van der Waals surface area contributed by atoms with Crippen LogP contribution in [0.25, 0.3) is 0 Å². The van der Waals surface area contributed by atoms with Crippen molar-refractivity contribution in [3.63, 3.8) is 0 Å². The van der Waals surface area contributed by atoms with Crippen molar-refractivity contribution < 1.29 is 17.9 Å². The van der Waals surface area contributed by atoms with Crippen LogP contribution in [0.2, 0.25) is 0 Å². The van der Waals surface area contributed by atoms with Gasteiger partial charge >= 0.3 is 0 Å². The molecule has 1 saturated heterocycles. The monoisotopic (exact) mass is 352 g/mol. The van der Waals surface area contributed by atoms with Crippen LogP contribution in [0, 0.1) is 12.3 Å². The number of aryl methyl sites for hydroxylation is 1. The summed E-state index contributed by atoms with van der Waals surface area (Å²) >= 11 is 0. The standard InChI is InChI=1S/C17H24N2O4S/c1-12-10-13(23-2)4-5-14(12)16(20)19-8-6-17(7-9-19)11-15(17)18-24(3,21)22/h4-5,10,15,18H,6-9,11H2,1-3H3. The van der Waals surface area contributed by atoms with Crippen LogP contribution in [0.3, 0.4) is 0 Å². The quantitative estimate of drug-likeness (QED) is 0.892. The largest absolute Gasteiger partial charge is 0.497 e. The molecule has 1 aliphatic carbocycles. The molecule has 1 atom stereocenters. The third-order valence-electron chi connectivity index (χ3n) is 5.26. The lowest BCUT2D eigenvalue weighted by Gasteiger charge is -2.33. The van der Waals surface area contributed by atoms with Gasteiger partial charge in [-0.3, -0.25) is 4.79 Å². The van der Waals surface area contributed by atoms with Crippen molar-refractivity contribution in [1.82, 2.24) is 9.62 Å². The van der Waals surface area contributed by atoms with Crippen molar-refractivity contribution in [2.75, 3.05) is 26.5 Å². The molecular weight excluding hydrogens is 328 g/mol. The second kappa shape index (κ2) is 6.04. The second-order valence-corrected chi connectivity index (χ2v) is 8.76. The van der Waals surface area contributed by atoms with E-state index in [1.807, 2.05) is 24.0 Å². The highest BCUT2D eigenvalue weighted by atomic mass is 32.2. The number of benzene rings is 1. The van der Waals surface area contributed by atoms with Crippen LogP contribution in [0.15, 0.2) is 18.2 Å². The topological polar surface area (TPSA) is 75.7 Å². The zero-order chi connectivity index (χ0) is 17.5. The molecule has 0 aromatic heterocycles. The maximum atomic E-state index is 12.7. The fraction of sp³-hybridized carbons (Fsp3) is 0.588. The minimum Gasteiger partial charge on any atom is -0.497 e. The van der Waals surface area contributed by atoms with Crippen molar-refractivity contribution in [2.24, 2.45) is 5.41 Å². The van der Waals surface area contributed by atoms with E-state index in [-0.39, 0.29) is 17.4 Å². The Morgan fingerprint density at radius 2 is 2.00 bits per heavy atom. The summed E-state index contributed by atoms with van der Waals surface area (Å²) in [5, 5.41) is 0. The van der Waals surface area contributed by atoms with Gasteiger partial charge in [0.1, 0.15) is 5.75 Å². The highest BCUT2D eigenvalue weighted by Gasteiger charge is 2.56. The zero-order valence-corrected chi connectivity index (χ0v) is 15.1. The average molecular weight is 352 g/mol. The van der Waals surface area contributed by atoms with Crippen molar-refractivity contribution in [3.05, 3.63) is 29.3 Å². The molecule has 7 heteroatoms. The summed E-state index contributed by atoms with van der Waals surface area (Å²) in [6, 6.07) is 5.52. The van der Waals surface area contributed by atoms with E-state index in [1.165, 1.54) is 6.26 Å². The molecule has 1 unspecified atom stereocenters. The summed E-state index contributed by atoms with van der Waals surface area (Å²) in [7, 11) is -1.56. The fourth-order valence-electron chi connectivity index (χ4n) is 3.65. The molecule has 1 saturated carbocycles. The highest BCUT2D eigenvalue weighted by molar-refractivity contribution is 7.88. The Bertz CT molecular complexity index is 752. The molecule has 6 nitrogen and oxygen atoms in total. The van der Waals surface area contributed by atoms with Crippen LogP contribution >= 0.6 is 0 Å². The first kappa shape index (κ1) is 17.2. The van der Waals surface area contributed by atoms with Gasteiger partial charge in [0.15, 0.2) is 0 Å². The number of piperidine rings is 1. The Morgan fingerprint density at radius 1 is 1.33 bits per heavy atom. The number of amides is 1. The first-order valence-corrected chi connectivity index (χ1v) is 10.0. The molecule has 1 spiro atoms. The van der Waals surface area contributed by atoms with Crippen LogP contribution in [0.1, 0.15) is 35.2 Å². The molecule has 24 heavy (non-hydrogen) atoms. The average Bonchev–Trinajstić information content (AvgIpc) is 3.16. The van der Waals surface area contributed by atoms with E-state index >= 15 is 0 Å². The van der Waals surface area contributed by atoms with E-state index in [2.05, 4.69) is 4.72 Å². The number of sulfonamides is 1. The smallest absolute Gasteiger partial charge is 0.254 e. The third-order valence-corrected chi connectivity index (χ3v) is 5.97. The van der Waals surface area contributed by atoms with Gasteiger partial charge in [-0.25, -0.2) is 13.1 Å². The maximum Gasteiger partial charge on any atom is 0.254 e. The van der Waals surface area contributed by atoms with Crippen molar-refractivity contribution in [2.45, 2.75) is 32.2 Å². The lowest BCUT2D eigenvalue weighted by Crippen LogP contribution is -2.41. The molecule has 1 aromatic rings. The number of ether oxygens (including phenoxy) is 1. The molecule has 1 amide bonds. The number of carbonyl (C=O) groups excluding carboxylic acids is 1. The number of hydrogen-bond acceptors (Lipinski definition) is 4. The molecule has 1 N–H and O–H groups in total. The minimum atomic E-state index is -3.16. The Balaban J connectivity index is 1.62. The van der Waals surface area contributed by atoms with Crippen molar-refractivity contribution >= 4 is 15.9 Å². The maximum absolute atomic E-state index is 12.7. The number of rotatable bonds is 4. The molecule has 0 bridgehead atoms. The molecule has 1 aliphatic heterocycles. The summed E-state index contributed by atoms with van der Waals surface area (Å²) in [5.41, 5.74) is 1.66. The number of likely N-dealkylation sites (tertiary alicyclic amines) is 1. The number of carbonyl (C=O) groups is 1. The van der Waals surface area contributed by atoms with Crippen LogP contribution in [-0.2, 0) is 10.0 Å². The number of nitrogens with one attached hydrogen (secondary N) is 1. The van der Waals surface area contributed by atoms with Gasteiger partial charge in [0.25, 0.3) is 5.91 Å². The highest BCUT2D eigenvalue weighted by Crippen LogP contribution is 2.54. The van der Waals surface area contributed by atoms with Crippen LogP contribution in [0.4, 0.5) is 0 Å². The van der Waals surface area contributed by atoms with Crippen molar-refractivity contribution in [1.29, 1.82) is 0 Å². The van der Waals surface area contributed by atoms with Crippen LogP contribution < -0.4 is 9.46 Å². The Kier molecular flexibility index (Phi) is 4.34. The van der Waals surface area contributed by atoms with Gasteiger partial charge in [0.05, 0.1) is 13.4 Å². The molecular formula is C17H24N2O4S. The number of nitrogens with zero attached hydrogens (tertiary/aromatic N) is 1. The minimum absolute atomic E-state index is 0.0347. The predicted molar refractivity (Wildman–Crippen MR) is 91.7 cm³/mol. The van der Waals surface area contributed by atoms with Gasteiger partial charge < -0.3 is 9.64 Å². The molecule has 1 heterocycles. The van der Waals surface area contributed by atoms with E-state index in [0.29, 0.717) is 18.7 Å². The van der Waals surface area contributed by atoms with E-state index in [4.69, 9.17) is 4.74 Å². The van der Waals surface area contributed by atoms with Crippen LogP contribution in [0.5, 0.6) is 5.75 Å².